The molecule has 1 amide bonds. The fourth-order valence-corrected chi connectivity index (χ4v) is 11.6. The lowest BCUT2D eigenvalue weighted by atomic mass is 10.00. The van der Waals surface area contributed by atoms with Crippen molar-refractivity contribution in [3.8, 4) is 0 Å². The molecule has 0 aromatic carbocycles. The summed E-state index contributed by atoms with van der Waals surface area (Å²) in [4.78, 5) is 12.7. The molecule has 0 saturated heterocycles. The van der Waals surface area contributed by atoms with Gasteiger partial charge in [0.15, 0.2) is 0 Å². The Kier molecular flexibility index (Phi) is 65.6. The van der Waals surface area contributed by atoms with Crippen molar-refractivity contribution in [2.24, 2.45) is 0 Å². The van der Waals surface area contributed by atoms with Crippen LogP contribution in [0.25, 0.3) is 0 Å². The van der Waals surface area contributed by atoms with E-state index < -0.39 is 36.9 Å². The number of amides is 1. The van der Waals surface area contributed by atoms with Crippen molar-refractivity contribution in [1.29, 1.82) is 0 Å². The average molecular weight is 1100 g/mol. The largest absolute Gasteiger partial charge is 0.394 e. The molecule has 464 valence electrons. The van der Waals surface area contributed by atoms with Crippen molar-refractivity contribution in [3.05, 3.63) is 24.3 Å². The van der Waals surface area contributed by atoms with Crippen molar-refractivity contribution in [1.82, 2.24) is 5.32 Å². The summed E-state index contributed by atoms with van der Waals surface area (Å²) in [7, 11) is 0. The van der Waals surface area contributed by atoms with E-state index in [0.717, 1.165) is 38.5 Å². The second-order valence-electron chi connectivity index (χ2n) is 24.9. The number of carbonyl (C=O) groups excluding carboxylic acids is 1. The van der Waals surface area contributed by atoms with E-state index in [1.807, 2.05) is 0 Å². The number of allylic oxidation sites excluding steroid dienone is 4. The first kappa shape index (κ1) is 76.8. The molecule has 0 aromatic heterocycles. The molecular weight excluding hydrogens is 959 g/mol. The highest BCUT2D eigenvalue weighted by molar-refractivity contribution is 5.80. The second-order valence-corrected chi connectivity index (χ2v) is 24.9. The first-order valence-corrected chi connectivity index (χ1v) is 35.7. The van der Waals surface area contributed by atoms with Gasteiger partial charge >= 0.3 is 0 Å². The SMILES string of the molecule is CCCCCCCCCCCCCC/C=C\CCCCCCCCCCCCCCCCC(O)C(=O)NC(CO)C(O)C(O)CCC/C=C/CCCCCCCCCCCCCCCCCCCCCCCCCCCCC. The summed E-state index contributed by atoms with van der Waals surface area (Å²) in [5.41, 5.74) is 0. The van der Waals surface area contributed by atoms with Crippen LogP contribution in [0.5, 0.6) is 0 Å². The minimum Gasteiger partial charge on any atom is -0.394 e. The molecule has 6 heteroatoms. The highest BCUT2D eigenvalue weighted by atomic mass is 16.3. The molecule has 0 aliphatic heterocycles. The maximum absolute atomic E-state index is 12.7. The summed E-state index contributed by atoms with van der Waals surface area (Å²) < 4.78 is 0. The van der Waals surface area contributed by atoms with Crippen molar-refractivity contribution in [3.63, 3.8) is 0 Å². The van der Waals surface area contributed by atoms with Gasteiger partial charge in [-0.1, -0.05) is 359 Å². The Morgan fingerprint density at radius 2 is 0.526 bits per heavy atom. The van der Waals surface area contributed by atoms with Gasteiger partial charge in [0.25, 0.3) is 0 Å². The van der Waals surface area contributed by atoms with Crippen molar-refractivity contribution in [2.75, 3.05) is 6.61 Å². The van der Waals surface area contributed by atoms with E-state index in [4.69, 9.17) is 0 Å². The van der Waals surface area contributed by atoms with Gasteiger partial charge in [-0.05, 0) is 64.2 Å². The van der Waals surface area contributed by atoms with Gasteiger partial charge in [-0.25, -0.2) is 0 Å². The maximum Gasteiger partial charge on any atom is 0.249 e. The lowest BCUT2D eigenvalue weighted by Gasteiger charge is -2.27. The smallest absolute Gasteiger partial charge is 0.249 e. The van der Waals surface area contributed by atoms with Gasteiger partial charge in [-0.2, -0.15) is 0 Å². The number of carbonyl (C=O) groups is 1. The normalized spacial score (nSPS) is 13.6. The summed E-state index contributed by atoms with van der Waals surface area (Å²) in [6.07, 6.45) is 84.6. The molecule has 6 nitrogen and oxygen atoms in total. The monoisotopic (exact) mass is 1100 g/mol. The van der Waals surface area contributed by atoms with E-state index in [2.05, 4.69) is 43.5 Å². The van der Waals surface area contributed by atoms with Gasteiger partial charge in [-0.3, -0.25) is 4.79 Å². The van der Waals surface area contributed by atoms with Crippen molar-refractivity contribution in [2.45, 2.75) is 423 Å². The Morgan fingerprint density at radius 3 is 0.769 bits per heavy atom. The number of hydrogen-bond acceptors (Lipinski definition) is 5. The number of aliphatic hydroxyl groups excluding tert-OH is 4. The first-order valence-electron chi connectivity index (χ1n) is 35.7. The Labute approximate surface area is 488 Å². The third-order valence-corrected chi connectivity index (χ3v) is 17.1. The molecule has 0 fully saturated rings. The quantitative estimate of drug-likeness (QED) is 0.0308. The first-order chi connectivity index (χ1) is 38.5. The van der Waals surface area contributed by atoms with Gasteiger partial charge in [-0.15, -0.1) is 0 Å². The maximum atomic E-state index is 12.7. The molecule has 0 aliphatic rings. The fraction of sp³-hybridized carbons (Fsp3) is 0.931. The molecule has 0 saturated carbocycles. The van der Waals surface area contributed by atoms with Crippen LogP contribution in [0.15, 0.2) is 24.3 Å². The van der Waals surface area contributed by atoms with Gasteiger partial charge < -0.3 is 25.7 Å². The third kappa shape index (κ3) is 59.4. The summed E-state index contributed by atoms with van der Waals surface area (Å²) in [6, 6.07) is -1.00. The highest BCUT2D eigenvalue weighted by Crippen LogP contribution is 2.19. The van der Waals surface area contributed by atoms with E-state index in [1.54, 1.807) is 0 Å². The van der Waals surface area contributed by atoms with Gasteiger partial charge in [0.1, 0.15) is 12.2 Å². The van der Waals surface area contributed by atoms with Crippen LogP contribution < -0.4 is 5.32 Å². The highest BCUT2D eigenvalue weighted by Gasteiger charge is 2.28. The number of aliphatic hydroxyl groups is 4. The van der Waals surface area contributed by atoms with Crippen LogP contribution in [-0.2, 0) is 4.79 Å². The van der Waals surface area contributed by atoms with Gasteiger partial charge in [0.05, 0.1) is 18.8 Å². The lowest BCUT2D eigenvalue weighted by Crippen LogP contribution is -2.53. The Bertz CT molecular complexity index is 1190. The van der Waals surface area contributed by atoms with Crippen LogP contribution in [0.4, 0.5) is 0 Å². The predicted octanol–water partition coefficient (Wildman–Crippen LogP) is 22.1. The topological polar surface area (TPSA) is 110 Å². The zero-order valence-electron chi connectivity index (χ0n) is 52.9. The van der Waals surface area contributed by atoms with Crippen LogP contribution >= 0.6 is 0 Å². The van der Waals surface area contributed by atoms with Gasteiger partial charge in [0.2, 0.25) is 5.91 Å². The molecule has 0 bridgehead atoms. The van der Waals surface area contributed by atoms with E-state index in [-0.39, 0.29) is 0 Å². The molecule has 0 rings (SSSR count). The fourth-order valence-electron chi connectivity index (χ4n) is 11.6. The number of hydrogen-bond donors (Lipinski definition) is 5. The summed E-state index contributed by atoms with van der Waals surface area (Å²) >= 11 is 0. The predicted molar refractivity (Wildman–Crippen MR) is 344 cm³/mol. The van der Waals surface area contributed by atoms with Gasteiger partial charge in [0, 0.05) is 0 Å². The Hall–Kier alpha value is -1.21. The van der Waals surface area contributed by atoms with Crippen LogP contribution in [0, 0.1) is 0 Å². The molecule has 0 radical (unpaired) electrons. The Morgan fingerprint density at radius 1 is 0.308 bits per heavy atom. The van der Waals surface area contributed by atoms with E-state index in [1.165, 1.54) is 334 Å². The molecule has 5 N–H and O–H groups in total. The number of nitrogens with one attached hydrogen (secondary N) is 1. The minimum atomic E-state index is -1.28. The standard InChI is InChI=1S/C72H141NO5/c1-3-5-7-9-11-13-15-17-19-21-23-25-27-29-31-33-35-36-38-39-41-43-45-47-49-51-53-55-57-59-61-63-65-69(75)71(77)68(67-74)73-72(78)70(76)66-64-62-60-58-56-54-52-50-48-46-44-42-40-37-34-32-30-28-26-24-22-20-18-16-14-12-10-8-6-4-2/h30,32,57,59,68-71,74-77H,3-29,31,33-56,58,60-67H2,1-2H3,(H,73,78)/b32-30-,59-57+. The number of unbranched alkanes of at least 4 members (excludes halogenated alkanes) is 54. The van der Waals surface area contributed by atoms with Crippen LogP contribution in [0.3, 0.4) is 0 Å². The van der Waals surface area contributed by atoms with Crippen LogP contribution in [0.1, 0.15) is 399 Å². The van der Waals surface area contributed by atoms with Crippen molar-refractivity contribution < 1.29 is 25.2 Å². The summed E-state index contributed by atoms with van der Waals surface area (Å²) in [6.45, 7) is 4.10. The molecular formula is C72H141NO5. The molecule has 0 aliphatic carbocycles. The number of rotatable bonds is 67. The molecule has 0 aromatic rings. The van der Waals surface area contributed by atoms with E-state index in [9.17, 15) is 25.2 Å². The average Bonchev–Trinajstić information content (AvgIpc) is 3.45. The summed E-state index contributed by atoms with van der Waals surface area (Å²) in [5.74, 6) is -0.586. The van der Waals surface area contributed by atoms with E-state index in [0.29, 0.717) is 12.8 Å². The molecule has 0 spiro atoms. The third-order valence-electron chi connectivity index (χ3n) is 17.1. The molecule has 0 heterocycles. The lowest BCUT2D eigenvalue weighted by molar-refractivity contribution is -0.132. The minimum absolute atomic E-state index is 0.366. The molecule has 78 heavy (non-hydrogen) atoms. The summed E-state index contributed by atoms with van der Waals surface area (Å²) in [5, 5.41) is 44.2. The van der Waals surface area contributed by atoms with E-state index >= 15 is 0 Å². The van der Waals surface area contributed by atoms with Crippen LogP contribution in [0.2, 0.25) is 0 Å². The zero-order valence-corrected chi connectivity index (χ0v) is 52.9. The molecule has 4 atom stereocenters. The van der Waals surface area contributed by atoms with Crippen molar-refractivity contribution >= 4 is 5.91 Å². The molecule has 4 unspecified atom stereocenters. The second kappa shape index (κ2) is 66.6. The zero-order chi connectivity index (χ0) is 56.6. The van der Waals surface area contributed by atoms with Crippen LogP contribution in [-0.4, -0.2) is 57.3 Å². The Balaban J connectivity index is 3.55.